The molecule has 1 amide bonds. The molecule has 0 spiro atoms. The zero-order chi connectivity index (χ0) is 19.2. The summed E-state index contributed by atoms with van der Waals surface area (Å²) in [6.45, 7) is 7.61. The number of hydrogen-bond donors (Lipinski definition) is 1. The molecule has 9 heteroatoms. The number of piperazine rings is 2. The number of nitro groups is 1. The molecule has 2 saturated heterocycles. The van der Waals surface area contributed by atoms with E-state index in [1.807, 2.05) is 4.90 Å². The van der Waals surface area contributed by atoms with E-state index < -0.39 is 4.92 Å². The summed E-state index contributed by atoms with van der Waals surface area (Å²) in [6.07, 6.45) is 0. The SMILES string of the molecule is O=C(CN1CCN(CCO)CC1)N1CCN(c2ccc([N+](=O)[O-])cc2)CC1. The lowest BCUT2D eigenvalue weighted by Gasteiger charge is -2.38. The van der Waals surface area contributed by atoms with Gasteiger partial charge in [0.1, 0.15) is 0 Å². The number of aliphatic hydroxyl groups is 1. The van der Waals surface area contributed by atoms with Crippen LogP contribution in [0.15, 0.2) is 24.3 Å². The second-order valence-corrected chi connectivity index (χ2v) is 6.98. The minimum absolute atomic E-state index is 0.0895. The molecule has 1 aromatic carbocycles. The first-order valence-electron chi connectivity index (χ1n) is 9.39. The van der Waals surface area contributed by atoms with Crippen LogP contribution >= 0.6 is 0 Å². The van der Waals surface area contributed by atoms with Gasteiger partial charge in [0.25, 0.3) is 5.69 Å². The van der Waals surface area contributed by atoms with Gasteiger partial charge in [-0.3, -0.25) is 24.7 Å². The van der Waals surface area contributed by atoms with Gasteiger partial charge in [0.05, 0.1) is 18.1 Å². The molecule has 0 atom stereocenters. The number of aliphatic hydroxyl groups excluding tert-OH is 1. The number of anilines is 1. The summed E-state index contributed by atoms with van der Waals surface area (Å²) in [5.74, 6) is 0.161. The van der Waals surface area contributed by atoms with Crippen molar-refractivity contribution in [2.24, 2.45) is 0 Å². The Hall–Kier alpha value is -2.23. The molecule has 2 heterocycles. The summed E-state index contributed by atoms with van der Waals surface area (Å²) in [5, 5.41) is 19.7. The summed E-state index contributed by atoms with van der Waals surface area (Å²) in [4.78, 5) is 31.4. The molecule has 148 valence electrons. The second kappa shape index (κ2) is 9.12. The molecule has 0 aliphatic carbocycles. The van der Waals surface area contributed by atoms with Gasteiger partial charge < -0.3 is 14.9 Å². The number of rotatable bonds is 6. The van der Waals surface area contributed by atoms with Gasteiger partial charge in [0, 0.05) is 76.7 Å². The van der Waals surface area contributed by atoms with Crippen molar-refractivity contribution in [1.82, 2.24) is 14.7 Å². The molecule has 2 fully saturated rings. The first-order valence-corrected chi connectivity index (χ1v) is 9.39. The van der Waals surface area contributed by atoms with Crippen molar-refractivity contribution in [2.45, 2.75) is 0 Å². The van der Waals surface area contributed by atoms with Crippen molar-refractivity contribution in [3.8, 4) is 0 Å². The predicted octanol–water partition coefficient (Wildman–Crippen LogP) is -0.147. The van der Waals surface area contributed by atoms with Crippen molar-refractivity contribution in [3.05, 3.63) is 34.4 Å². The third-order valence-corrected chi connectivity index (χ3v) is 5.30. The Balaban J connectivity index is 1.43. The third-order valence-electron chi connectivity index (χ3n) is 5.30. The van der Waals surface area contributed by atoms with Gasteiger partial charge in [0.15, 0.2) is 0 Å². The molecule has 9 nitrogen and oxygen atoms in total. The van der Waals surface area contributed by atoms with Crippen LogP contribution in [0.1, 0.15) is 0 Å². The maximum atomic E-state index is 12.6. The van der Waals surface area contributed by atoms with Crippen molar-refractivity contribution >= 4 is 17.3 Å². The van der Waals surface area contributed by atoms with Crippen molar-refractivity contribution < 1.29 is 14.8 Å². The Bertz CT molecular complexity index is 638. The van der Waals surface area contributed by atoms with Crippen LogP contribution in [0.3, 0.4) is 0 Å². The normalized spacial score (nSPS) is 19.3. The van der Waals surface area contributed by atoms with Crippen molar-refractivity contribution in [1.29, 1.82) is 0 Å². The molecule has 0 unspecified atom stereocenters. The Morgan fingerprint density at radius 1 is 0.963 bits per heavy atom. The van der Waals surface area contributed by atoms with Crippen LogP contribution in [0.5, 0.6) is 0 Å². The number of amides is 1. The average molecular weight is 377 g/mol. The second-order valence-electron chi connectivity index (χ2n) is 6.98. The monoisotopic (exact) mass is 377 g/mol. The molecule has 0 bridgehead atoms. The number of benzene rings is 1. The molecule has 2 aliphatic rings. The van der Waals surface area contributed by atoms with Gasteiger partial charge in [-0.15, -0.1) is 0 Å². The lowest BCUT2D eigenvalue weighted by molar-refractivity contribution is -0.384. The van der Waals surface area contributed by atoms with Crippen LogP contribution in [0.25, 0.3) is 0 Å². The zero-order valence-corrected chi connectivity index (χ0v) is 15.5. The summed E-state index contributed by atoms with van der Waals surface area (Å²) in [5.41, 5.74) is 1.04. The quantitative estimate of drug-likeness (QED) is 0.544. The molecule has 3 rings (SSSR count). The maximum absolute atomic E-state index is 12.6. The van der Waals surface area contributed by atoms with Crippen molar-refractivity contribution in [2.75, 3.05) is 77.0 Å². The lowest BCUT2D eigenvalue weighted by atomic mass is 10.2. The molecule has 0 saturated carbocycles. The van der Waals surface area contributed by atoms with E-state index in [-0.39, 0.29) is 18.2 Å². The van der Waals surface area contributed by atoms with Gasteiger partial charge in [-0.25, -0.2) is 0 Å². The Morgan fingerprint density at radius 3 is 2.11 bits per heavy atom. The minimum atomic E-state index is -0.399. The molecule has 1 aromatic rings. The van der Waals surface area contributed by atoms with E-state index in [2.05, 4.69) is 14.7 Å². The zero-order valence-electron chi connectivity index (χ0n) is 15.5. The van der Waals surface area contributed by atoms with Gasteiger partial charge in [-0.1, -0.05) is 0 Å². The highest BCUT2D eigenvalue weighted by Crippen LogP contribution is 2.20. The molecule has 27 heavy (non-hydrogen) atoms. The van der Waals surface area contributed by atoms with Crippen LogP contribution in [-0.4, -0.2) is 103 Å². The fraction of sp³-hybridized carbons (Fsp3) is 0.611. The van der Waals surface area contributed by atoms with E-state index in [1.165, 1.54) is 12.1 Å². The van der Waals surface area contributed by atoms with Gasteiger partial charge in [-0.2, -0.15) is 0 Å². The lowest BCUT2D eigenvalue weighted by Crippen LogP contribution is -2.54. The van der Waals surface area contributed by atoms with E-state index in [0.717, 1.165) is 45.0 Å². The van der Waals surface area contributed by atoms with Crippen LogP contribution in [0.4, 0.5) is 11.4 Å². The highest BCUT2D eigenvalue weighted by atomic mass is 16.6. The van der Waals surface area contributed by atoms with E-state index in [4.69, 9.17) is 5.11 Å². The number of carbonyl (C=O) groups is 1. The number of carbonyl (C=O) groups excluding carboxylic acids is 1. The molecule has 2 aliphatic heterocycles. The molecule has 0 radical (unpaired) electrons. The maximum Gasteiger partial charge on any atom is 0.269 e. The number of β-amino-alcohol motifs (C(OH)–C–C–N with tert-alkyl or cyclic N) is 1. The summed E-state index contributed by atoms with van der Waals surface area (Å²) in [6, 6.07) is 6.57. The largest absolute Gasteiger partial charge is 0.395 e. The van der Waals surface area contributed by atoms with Crippen LogP contribution in [-0.2, 0) is 4.79 Å². The smallest absolute Gasteiger partial charge is 0.269 e. The Morgan fingerprint density at radius 2 is 1.56 bits per heavy atom. The van der Waals surface area contributed by atoms with E-state index in [1.54, 1.807) is 12.1 Å². The third kappa shape index (κ3) is 5.15. The first-order chi connectivity index (χ1) is 13.1. The molecular formula is C18H27N5O4. The first kappa shape index (κ1) is 19.5. The minimum Gasteiger partial charge on any atom is -0.395 e. The highest BCUT2D eigenvalue weighted by molar-refractivity contribution is 5.78. The highest BCUT2D eigenvalue weighted by Gasteiger charge is 2.25. The number of hydrogen-bond acceptors (Lipinski definition) is 7. The van der Waals surface area contributed by atoms with E-state index in [0.29, 0.717) is 26.2 Å². The van der Waals surface area contributed by atoms with Gasteiger partial charge in [0.2, 0.25) is 5.91 Å². The number of nitro benzene ring substituents is 1. The van der Waals surface area contributed by atoms with Gasteiger partial charge >= 0.3 is 0 Å². The number of nitrogens with zero attached hydrogens (tertiary/aromatic N) is 5. The Kier molecular flexibility index (Phi) is 6.59. The molecular weight excluding hydrogens is 350 g/mol. The predicted molar refractivity (Wildman–Crippen MR) is 102 cm³/mol. The van der Waals surface area contributed by atoms with Gasteiger partial charge in [-0.05, 0) is 12.1 Å². The number of non-ortho nitro benzene ring substituents is 1. The fourth-order valence-electron chi connectivity index (χ4n) is 3.60. The summed E-state index contributed by atoms with van der Waals surface area (Å²) >= 11 is 0. The summed E-state index contributed by atoms with van der Waals surface area (Å²) < 4.78 is 0. The molecule has 0 aromatic heterocycles. The van der Waals surface area contributed by atoms with Crippen LogP contribution in [0.2, 0.25) is 0 Å². The topological polar surface area (TPSA) is 93.4 Å². The van der Waals surface area contributed by atoms with E-state index in [9.17, 15) is 14.9 Å². The average Bonchev–Trinajstić information content (AvgIpc) is 2.70. The van der Waals surface area contributed by atoms with Crippen molar-refractivity contribution in [3.63, 3.8) is 0 Å². The summed E-state index contributed by atoms with van der Waals surface area (Å²) in [7, 11) is 0. The fourth-order valence-corrected chi connectivity index (χ4v) is 3.60. The molecule has 1 N–H and O–H groups in total. The van der Waals surface area contributed by atoms with Crippen LogP contribution in [0, 0.1) is 10.1 Å². The van der Waals surface area contributed by atoms with Crippen LogP contribution < -0.4 is 4.90 Å². The van der Waals surface area contributed by atoms with E-state index >= 15 is 0 Å². The Labute approximate surface area is 158 Å². The standard InChI is InChI=1S/C18H27N5O4/c24-14-13-19-5-7-20(8-6-19)15-18(25)22-11-9-21(10-12-22)16-1-3-17(4-2-16)23(26)27/h1-4,24H,5-15H2.